The van der Waals surface area contributed by atoms with E-state index in [0.717, 1.165) is 29.4 Å². The molecule has 4 heterocycles. The Hall–Kier alpha value is -4.57. The average Bonchev–Trinajstić information content (AvgIpc) is 3.39. The summed E-state index contributed by atoms with van der Waals surface area (Å²) in [7, 11) is 0. The predicted octanol–water partition coefficient (Wildman–Crippen LogP) is 3.94. The molecule has 3 aromatic heterocycles. The van der Waals surface area contributed by atoms with Gasteiger partial charge in [-0.3, -0.25) is 19.4 Å². The highest BCUT2D eigenvalue weighted by Crippen LogP contribution is 2.29. The second kappa shape index (κ2) is 9.71. The standard InChI is InChI=1S/C28H26N6O4/c1-17-6-7-22-21(12-17)27(36)34(25(31-22)24-13-19-4-2-3-5-23(19)38-24)16-18-8-10-33(11-9-18)28-29-14-20(15-30-28)26(35)32-37/h2-7,12-15,18,37H,8-11,16H2,1H3,(H,32,35). The van der Waals surface area contributed by atoms with E-state index in [1.807, 2.05) is 55.5 Å². The molecule has 0 atom stereocenters. The Kier molecular flexibility index (Phi) is 6.09. The van der Waals surface area contributed by atoms with Crippen molar-refractivity contribution in [3.63, 3.8) is 0 Å². The summed E-state index contributed by atoms with van der Waals surface area (Å²) in [5, 5.41) is 10.3. The Morgan fingerprint density at radius 3 is 2.61 bits per heavy atom. The lowest BCUT2D eigenvalue weighted by Crippen LogP contribution is -2.37. The molecule has 10 heteroatoms. The van der Waals surface area contributed by atoms with Crippen molar-refractivity contribution in [3.8, 4) is 11.6 Å². The average molecular weight is 511 g/mol. The Morgan fingerprint density at radius 1 is 1.11 bits per heavy atom. The van der Waals surface area contributed by atoms with Crippen LogP contribution in [0.2, 0.25) is 0 Å². The molecule has 1 aliphatic rings. The van der Waals surface area contributed by atoms with E-state index in [1.165, 1.54) is 12.4 Å². The minimum atomic E-state index is -0.653. The monoisotopic (exact) mass is 510 g/mol. The highest BCUT2D eigenvalue weighted by molar-refractivity contribution is 5.92. The zero-order valence-electron chi connectivity index (χ0n) is 20.8. The highest BCUT2D eigenvalue weighted by Gasteiger charge is 2.25. The molecule has 1 aliphatic heterocycles. The lowest BCUT2D eigenvalue weighted by Gasteiger charge is -2.32. The first-order valence-corrected chi connectivity index (χ1v) is 12.5. The molecule has 10 nitrogen and oxygen atoms in total. The molecule has 5 aromatic rings. The zero-order valence-corrected chi connectivity index (χ0v) is 20.8. The summed E-state index contributed by atoms with van der Waals surface area (Å²) in [6.45, 7) is 3.92. The van der Waals surface area contributed by atoms with Gasteiger partial charge in [-0.05, 0) is 49.9 Å². The number of rotatable bonds is 5. The second-order valence-corrected chi connectivity index (χ2v) is 9.66. The lowest BCUT2D eigenvalue weighted by atomic mass is 9.96. The van der Waals surface area contributed by atoms with Crippen LogP contribution in [0.4, 0.5) is 5.95 Å². The Bertz CT molecular complexity index is 1670. The number of fused-ring (bicyclic) bond motifs is 2. The van der Waals surface area contributed by atoms with E-state index in [9.17, 15) is 9.59 Å². The Labute approximate surface area is 217 Å². The fourth-order valence-corrected chi connectivity index (χ4v) is 5.02. The molecule has 38 heavy (non-hydrogen) atoms. The summed E-state index contributed by atoms with van der Waals surface area (Å²) in [5.74, 6) is 1.23. The first-order valence-electron chi connectivity index (χ1n) is 12.5. The number of aromatic nitrogens is 4. The van der Waals surface area contributed by atoms with Gasteiger partial charge >= 0.3 is 0 Å². The fourth-order valence-electron chi connectivity index (χ4n) is 5.02. The van der Waals surface area contributed by atoms with Gasteiger partial charge in [-0.25, -0.2) is 20.4 Å². The number of para-hydroxylation sites is 1. The number of piperidine rings is 1. The maximum Gasteiger partial charge on any atom is 0.277 e. The molecule has 0 radical (unpaired) electrons. The molecular weight excluding hydrogens is 484 g/mol. The van der Waals surface area contributed by atoms with Crippen molar-refractivity contribution in [2.75, 3.05) is 18.0 Å². The molecule has 0 aliphatic carbocycles. The van der Waals surface area contributed by atoms with Gasteiger partial charge in [0.05, 0.1) is 16.5 Å². The van der Waals surface area contributed by atoms with E-state index in [4.69, 9.17) is 14.6 Å². The second-order valence-electron chi connectivity index (χ2n) is 9.66. The van der Waals surface area contributed by atoms with E-state index < -0.39 is 5.91 Å². The molecule has 2 N–H and O–H groups in total. The first kappa shape index (κ1) is 23.8. The van der Waals surface area contributed by atoms with E-state index in [0.29, 0.717) is 48.1 Å². The third kappa shape index (κ3) is 4.39. The summed E-state index contributed by atoms with van der Waals surface area (Å²) in [4.78, 5) is 40.8. The number of hydroxylamine groups is 1. The van der Waals surface area contributed by atoms with Crippen molar-refractivity contribution in [1.82, 2.24) is 25.0 Å². The molecule has 1 amide bonds. The molecule has 6 rings (SSSR count). The van der Waals surface area contributed by atoms with E-state index in [1.54, 1.807) is 10.0 Å². The smallest absolute Gasteiger partial charge is 0.277 e. The SMILES string of the molecule is Cc1ccc2nc(-c3cc4ccccc4o3)n(CC3CCN(c4ncc(C(=O)NO)cn4)CC3)c(=O)c2c1. The number of hydrogen-bond donors (Lipinski definition) is 2. The van der Waals surface area contributed by atoms with Crippen LogP contribution in [0, 0.1) is 12.8 Å². The predicted molar refractivity (Wildman–Crippen MR) is 142 cm³/mol. The number of carbonyl (C=O) groups excluding carboxylic acids is 1. The largest absolute Gasteiger partial charge is 0.453 e. The van der Waals surface area contributed by atoms with Gasteiger partial charge in [-0.2, -0.15) is 0 Å². The first-order chi connectivity index (χ1) is 18.5. The minimum Gasteiger partial charge on any atom is -0.453 e. The molecular formula is C28H26N6O4. The van der Waals surface area contributed by atoms with Crippen LogP contribution in [-0.2, 0) is 6.54 Å². The van der Waals surface area contributed by atoms with Crippen molar-refractivity contribution in [2.45, 2.75) is 26.3 Å². The molecule has 1 fully saturated rings. The number of nitrogens with one attached hydrogen (secondary N) is 1. The van der Waals surface area contributed by atoms with Crippen LogP contribution in [0.5, 0.6) is 0 Å². The number of furan rings is 1. The van der Waals surface area contributed by atoms with Gasteiger partial charge in [0.1, 0.15) is 5.58 Å². The summed E-state index contributed by atoms with van der Waals surface area (Å²) in [5.41, 5.74) is 4.10. The molecule has 0 spiro atoms. The van der Waals surface area contributed by atoms with Gasteiger partial charge in [0.25, 0.3) is 11.5 Å². The number of nitrogens with zero attached hydrogens (tertiary/aromatic N) is 5. The quantitative estimate of drug-likeness (QED) is 0.269. The topological polar surface area (TPSA) is 126 Å². The third-order valence-corrected chi connectivity index (χ3v) is 7.10. The summed E-state index contributed by atoms with van der Waals surface area (Å²) < 4.78 is 7.89. The Balaban J connectivity index is 1.29. The van der Waals surface area contributed by atoms with Crippen molar-refractivity contribution in [1.29, 1.82) is 0 Å². The van der Waals surface area contributed by atoms with Crippen LogP contribution in [0.1, 0.15) is 28.8 Å². The number of amides is 1. The van der Waals surface area contributed by atoms with E-state index >= 15 is 0 Å². The summed E-state index contributed by atoms with van der Waals surface area (Å²) >= 11 is 0. The summed E-state index contributed by atoms with van der Waals surface area (Å²) in [6, 6.07) is 15.4. The van der Waals surface area contributed by atoms with Gasteiger partial charge in [0, 0.05) is 37.4 Å². The lowest BCUT2D eigenvalue weighted by molar-refractivity contribution is 0.0705. The van der Waals surface area contributed by atoms with E-state index in [-0.39, 0.29) is 17.0 Å². The van der Waals surface area contributed by atoms with Gasteiger partial charge in [0.2, 0.25) is 5.95 Å². The zero-order chi connectivity index (χ0) is 26.2. The molecule has 2 aromatic carbocycles. The maximum atomic E-state index is 13.8. The Morgan fingerprint density at radius 2 is 1.87 bits per heavy atom. The molecule has 0 unspecified atom stereocenters. The van der Waals surface area contributed by atoms with Gasteiger partial charge in [-0.15, -0.1) is 0 Å². The number of aryl methyl sites for hydroxylation is 1. The van der Waals surface area contributed by atoms with Crippen LogP contribution in [-0.4, -0.2) is 43.7 Å². The van der Waals surface area contributed by atoms with Crippen LogP contribution in [0.25, 0.3) is 33.5 Å². The van der Waals surface area contributed by atoms with Gasteiger partial charge < -0.3 is 9.32 Å². The normalized spacial score (nSPS) is 14.3. The molecule has 0 bridgehead atoms. The number of carbonyl (C=O) groups is 1. The fraction of sp³-hybridized carbons (Fsp3) is 0.250. The minimum absolute atomic E-state index is 0.0716. The summed E-state index contributed by atoms with van der Waals surface area (Å²) in [6.07, 6.45) is 4.45. The molecule has 0 saturated carbocycles. The third-order valence-electron chi connectivity index (χ3n) is 7.10. The number of anilines is 1. The van der Waals surface area contributed by atoms with Crippen LogP contribution in [0.15, 0.2) is 70.1 Å². The number of benzene rings is 2. The van der Waals surface area contributed by atoms with Gasteiger partial charge in [-0.1, -0.05) is 29.8 Å². The van der Waals surface area contributed by atoms with Crippen molar-refractivity contribution in [2.24, 2.45) is 5.92 Å². The molecule has 192 valence electrons. The van der Waals surface area contributed by atoms with Gasteiger partial charge in [0.15, 0.2) is 11.6 Å². The van der Waals surface area contributed by atoms with Crippen molar-refractivity contribution in [3.05, 3.63) is 82.4 Å². The highest BCUT2D eigenvalue weighted by atomic mass is 16.5. The number of hydrogen-bond acceptors (Lipinski definition) is 8. The molecule has 1 saturated heterocycles. The van der Waals surface area contributed by atoms with Crippen molar-refractivity contribution < 1.29 is 14.4 Å². The van der Waals surface area contributed by atoms with Crippen LogP contribution in [0.3, 0.4) is 0 Å². The van der Waals surface area contributed by atoms with Crippen LogP contribution >= 0.6 is 0 Å². The maximum absolute atomic E-state index is 13.8. The van der Waals surface area contributed by atoms with Crippen LogP contribution < -0.4 is 15.9 Å². The van der Waals surface area contributed by atoms with E-state index in [2.05, 4.69) is 14.9 Å². The van der Waals surface area contributed by atoms with Crippen molar-refractivity contribution >= 4 is 33.7 Å².